The number of fused-ring (bicyclic) bond motifs is 1. The number of halogens is 2. The SMILES string of the molecule is CC(C)NC(=O)c1ccc(Nc2cc(-c3c(F)cccc3F)nc3c[nH]c(O)c23)cc1. The van der Waals surface area contributed by atoms with Crippen LogP contribution in [0.1, 0.15) is 24.2 Å². The molecule has 1 amide bonds. The molecule has 6 nitrogen and oxygen atoms in total. The van der Waals surface area contributed by atoms with Crippen LogP contribution in [0.25, 0.3) is 22.2 Å². The maximum Gasteiger partial charge on any atom is 0.251 e. The Hall–Kier alpha value is -3.94. The van der Waals surface area contributed by atoms with Gasteiger partial charge in [-0.15, -0.1) is 0 Å². The molecule has 31 heavy (non-hydrogen) atoms. The minimum absolute atomic E-state index is 0.0177. The minimum Gasteiger partial charge on any atom is -0.494 e. The van der Waals surface area contributed by atoms with Crippen molar-refractivity contribution in [1.82, 2.24) is 15.3 Å². The fourth-order valence-corrected chi connectivity index (χ4v) is 3.30. The van der Waals surface area contributed by atoms with E-state index in [9.17, 15) is 18.7 Å². The molecule has 0 aliphatic carbocycles. The number of aromatic hydroxyl groups is 1. The molecule has 0 saturated carbocycles. The fourth-order valence-electron chi connectivity index (χ4n) is 3.30. The van der Waals surface area contributed by atoms with Crippen LogP contribution in [0.3, 0.4) is 0 Å². The quantitative estimate of drug-likeness (QED) is 0.360. The number of pyridine rings is 1. The molecule has 0 spiro atoms. The minimum atomic E-state index is -0.738. The first-order chi connectivity index (χ1) is 14.8. The molecule has 0 saturated heterocycles. The molecule has 0 aliphatic heterocycles. The number of nitrogens with zero attached hydrogens (tertiary/aromatic N) is 1. The predicted octanol–water partition coefficient (Wildman–Crippen LogP) is 5.10. The number of amides is 1. The summed E-state index contributed by atoms with van der Waals surface area (Å²) in [6.07, 6.45) is 1.46. The van der Waals surface area contributed by atoms with Gasteiger partial charge in [-0.25, -0.2) is 13.8 Å². The molecule has 2 heterocycles. The smallest absolute Gasteiger partial charge is 0.251 e. The molecule has 0 atom stereocenters. The number of hydrogen-bond donors (Lipinski definition) is 4. The van der Waals surface area contributed by atoms with E-state index >= 15 is 0 Å². The molecule has 4 N–H and O–H groups in total. The van der Waals surface area contributed by atoms with Gasteiger partial charge in [0.05, 0.1) is 27.8 Å². The van der Waals surface area contributed by atoms with Crippen LogP contribution in [-0.4, -0.2) is 27.0 Å². The van der Waals surface area contributed by atoms with Gasteiger partial charge in [0.1, 0.15) is 11.6 Å². The molecule has 158 valence electrons. The first-order valence-electron chi connectivity index (χ1n) is 9.67. The number of carbonyl (C=O) groups excluding carboxylic acids is 1. The monoisotopic (exact) mass is 422 g/mol. The van der Waals surface area contributed by atoms with Gasteiger partial charge in [0.25, 0.3) is 5.91 Å². The molecule has 8 heteroatoms. The Balaban J connectivity index is 1.74. The summed E-state index contributed by atoms with van der Waals surface area (Å²) >= 11 is 0. The van der Waals surface area contributed by atoms with E-state index in [0.29, 0.717) is 27.8 Å². The summed E-state index contributed by atoms with van der Waals surface area (Å²) in [7, 11) is 0. The van der Waals surface area contributed by atoms with Crippen LogP contribution in [0.2, 0.25) is 0 Å². The lowest BCUT2D eigenvalue weighted by atomic mass is 10.1. The van der Waals surface area contributed by atoms with E-state index in [2.05, 4.69) is 20.6 Å². The highest BCUT2D eigenvalue weighted by Crippen LogP contribution is 2.36. The van der Waals surface area contributed by atoms with Crippen LogP contribution in [0.15, 0.2) is 54.7 Å². The highest BCUT2D eigenvalue weighted by atomic mass is 19.1. The highest BCUT2D eigenvalue weighted by Gasteiger charge is 2.18. The number of aromatic amines is 1. The number of H-pyrrole nitrogens is 1. The molecule has 0 bridgehead atoms. The van der Waals surface area contributed by atoms with Crippen LogP contribution < -0.4 is 10.6 Å². The Bertz CT molecular complexity index is 1250. The summed E-state index contributed by atoms with van der Waals surface area (Å²) < 4.78 is 28.6. The summed E-state index contributed by atoms with van der Waals surface area (Å²) in [5, 5.41) is 16.5. The molecular formula is C23H20F2N4O2. The highest BCUT2D eigenvalue weighted by molar-refractivity contribution is 5.99. The summed E-state index contributed by atoms with van der Waals surface area (Å²) in [6.45, 7) is 3.75. The number of hydrogen-bond acceptors (Lipinski definition) is 4. The fraction of sp³-hybridized carbons (Fsp3) is 0.130. The molecule has 0 aliphatic rings. The summed E-state index contributed by atoms with van der Waals surface area (Å²) in [6, 6.07) is 11.8. The lowest BCUT2D eigenvalue weighted by Crippen LogP contribution is -2.29. The third-order valence-corrected chi connectivity index (χ3v) is 4.69. The van der Waals surface area contributed by atoms with Crippen molar-refractivity contribution in [2.75, 3.05) is 5.32 Å². The zero-order chi connectivity index (χ0) is 22.1. The van der Waals surface area contributed by atoms with Crippen molar-refractivity contribution in [2.45, 2.75) is 19.9 Å². The number of nitrogens with one attached hydrogen (secondary N) is 3. The van der Waals surface area contributed by atoms with Gasteiger partial charge in [0.2, 0.25) is 0 Å². The van der Waals surface area contributed by atoms with Crippen LogP contribution in [-0.2, 0) is 0 Å². The van der Waals surface area contributed by atoms with Crippen molar-refractivity contribution in [3.05, 3.63) is 71.9 Å². The summed E-state index contributed by atoms with van der Waals surface area (Å²) in [4.78, 5) is 19.1. The zero-order valence-corrected chi connectivity index (χ0v) is 16.8. The first-order valence-corrected chi connectivity index (χ1v) is 9.67. The van der Waals surface area contributed by atoms with Gasteiger partial charge in [-0.05, 0) is 56.3 Å². The van der Waals surface area contributed by atoms with Gasteiger partial charge < -0.3 is 20.7 Å². The van der Waals surface area contributed by atoms with Crippen molar-refractivity contribution >= 4 is 28.2 Å². The van der Waals surface area contributed by atoms with E-state index in [1.165, 1.54) is 18.3 Å². The molecule has 0 fully saturated rings. The van der Waals surface area contributed by atoms with Crippen molar-refractivity contribution in [2.24, 2.45) is 0 Å². The van der Waals surface area contributed by atoms with E-state index in [-0.39, 0.29) is 29.1 Å². The molecule has 2 aromatic carbocycles. The molecular weight excluding hydrogens is 402 g/mol. The summed E-state index contributed by atoms with van der Waals surface area (Å²) in [5.74, 6) is -1.79. The average Bonchev–Trinajstić information content (AvgIpc) is 3.09. The lowest BCUT2D eigenvalue weighted by molar-refractivity contribution is 0.0943. The van der Waals surface area contributed by atoms with E-state index in [4.69, 9.17) is 0 Å². The third-order valence-electron chi connectivity index (χ3n) is 4.69. The van der Waals surface area contributed by atoms with Crippen molar-refractivity contribution in [3.63, 3.8) is 0 Å². The second-order valence-electron chi connectivity index (χ2n) is 7.38. The Morgan fingerprint density at radius 3 is 2.42 bits per heavy atom. The van der Waals surface area contributed by atoms with Gasteiger partial charge in [0.15, 0.2) is 5.88 Å². The second kappa shape index (κ2) is 8.06. The third kappa shape index (κ3) is 4.05. The van der Waals surface area contributed by atoms with E-state index in [1.54, 1.807) is 24.3 Å². The van der Waals surface area contributed by atoms with Crippen molar-refractivity contribution in [1.29, 1.82) is 0 Å². The summed E-state index contributed by atoms with van der Waals surface area (Å²) in [5.41, 5.74) is 1.69. The molecule has 0 radical (unpaired) electrons. The van der Waals surface area contributed by atoms with Gasteiger partial charge in [0, 0.05) is 23.5 Å². The second-order valence-corrected chi connectivity index (χ2v) is 7.38. The van der Waals surface area contributed by atoms with Gasteiger partial charge in [-0.2, -0.15) is 0 Å². The van der Waals surface area contributed by atoms with Gasteiger partial charge >= 0.3 is 0 Å². The number of aromatic nitrogens is 2. The number of carbonyl (C=O) groups is 1. The van der Waals surface area contributed by atoms with Crippen LogP contribution in [0.5, 0.6) is 5.88 Å². The van der Waals surface area contributed by atoms with Crippen LogP contribution >= 0.6 is 0 Å². The Kier molecular flexibility index (Phi) is 5.29. The lowest BCUT2D eigenvalue weighted by Gasteiger charge is -2.12. The largest absolute Gasteiger partial charge is 0.494 e. The maximum absolute atomic E-state index is 14.3. The first kappa shape index (κ1) is 20.3. The van der Waals surface area contributed by atoms with Crippen molar-refractivity contribution in [3.8, 4) is 17.1 Å². The molecule has 0 unspecified atom stereocenters. The van der Waals surface area contributed by atoms with Crippen LogP contribution in [0.4, 0.5) is 20.2 Å². The van der Waals surface area contributed by atoms with Gasteiger partial charge in [-0.1, -0.05) is 6.07 Å². The number of benzene rings is 2. The average molecular weight is 422 g/mol. The van der Waals surface area contributed by atoms with E-state index in [1.807, 2.05) is 13.8 Å². The van der Waals surface area contributed by atoms with Gasteiger partial charge in [-0.3, -0.25) is 4.79 Å². The Morgan fingerprint density at radius 2 is 1.77 bits per heavy atom. The topological polar surface area (TPSA) is 90.0 Å². The van der Waals surface area contributed by atoms with Crippen LogP contribution in [0, 0.1) is 11.6 Å². The predicted molar refractivity (Wildman–Crippen MR) is 115 cm³/mol. The van der Waals surface area contributed by atoms with E-state index in [0.717, 1.165) is 12.1 Å². The van der Waals surface area contributed by atoms with Crippen molar-refractivity contribution < 1.29 is 18.7 Å². The normalized spacial score (nSPS) is 11.1. The molecule has 2 aromatic heterocycles. The van der Waals surface area contributed by atoms with E-state index < -0.39 is 11.6 Å². The number of anilines is 2. The molecule has 4 aromatic rings. The number of rotatable bonds is 5. The molecule has 4 rings (SSSR count). The maximum atomic E-state index is 14.3. The Morgan fingerprint density at radius 1 is 1.10 bits per heavy atom. The Labute approximate surface area is 177 Å². The standard InChI is InChI=1S/C23H20F2N4O2/c1-12(2)27-22(30)13-6-8-14(9-7-13)28-18-10-17(20-15(24)4-3-5-16(20)25)29-19-11-26-23(31)21(18)19/h3-12,26,28,31H,1-2H3,(H,27,30). The zero-order valence-electron chi connectivity index (χ0n) is 16.8.